The predicted molar refractivity (Wildman–Crippen MR) is 89.6 cm³/mol. The molecule has 2 fully saturated rings. The van der Waals surface area contributed by atoms with E-state index in [0.717, 1.165) is 31.2 Å². The average Bonchev–Trinajstić information content (AvgIpc) is 2.98. The molecule has 1 saturated carbocycles. The van der Waals surface area contributed by atoms with Crippen LogP contribution in [0.4, 0.5) is 4.39 Å². The first kappa shape index (κ1) is 16.2. The molecule has 0 bridgehead atoms. The smallest absolute Gasteiger partial charge is 0.194 e. The lowest BCUT2D eigenvalue weighted by Crippen LogP contribution is -2.42. The summed E-state index contributed by atoms with van der Waals surface area (Å²) in [6, 6.07) is 4.83. The van der Waals surface area contributed by atoms with Crippen LogP contribution < -0.4 is 5.32 Å². The van der Waals surface area contributed by atoms with Crippen molar-refractivity contribution in [3.63, 3.8) is 0 Å². The average molecular weight is 319 g/mol. The Morgan fingerprint density at radius 1 is 1.39 bits per heavy atom. The molecule has 2 aliphatic rings. The summed E-state index contributed by atoms with van der Waals surface area (Å²) < 4.78 is 13.4. The van der Waals surface area contributed by atoms with Gasteiger partial charge >= 0.3 is 0 Å². The van der Waals surface area contributed by atoms with Gasteiger partial charge in [-0.1, -0.05) is 12.5 Å². The van der Waals surface area contributed by atoms with Gasteiger partial charge in [0.1, 0.15) is 5.82 Å². The highest BCUT2D eigenvalue weighted by Gasteiger charge is 2.43. The van der Waals surface area contributed by atoms with Gasteiger partial charge in [0.15, 0.2) is 5.96 Å². The Morgan fingerprint density at radius 3 is 2.83 bits per heavy atom. The van der Waals surface area contributed by atoms with Crippen LogP contribution in [-0.4, -0.2) is 35.6 Å². The van der Waals surface area contributed by atoms with Crippen LogP contribution in [-0.2, 0) is 13.2 Å². The summed E-state index contributed by atoms with van der Waals surface area (Å²) in [6.07, 6.45) is 5.32. The van der Waals surface area contributed by atoms with Crippen molar-refractivity contribution >= 4 is 5.96 Å². The topological polar surface area (TPSA) is 47.9 Å². The number of hydrogen-bond donors (Lipinski definition) is 2. The third-order valence-electron chi connectivity index (χ3n) is 5.18. The minimum absolute atomic E-state index is 0.280. The molecule has 0 atom stereocenters. The van der Waals surface area contributed by atoms with Crippen LogP contribution in [0.3, 0.4) is 0 Å². The van der Waals surface area contributed by atoms with Crippen molar-refractivity contribution in [3.05, 3.63) is 35.1 Å². The van der Waals surface area contributed by atoms with E-state index in [9.17, 15) is 9.50 Å². The Hall–Kier alpha value is -1.62. The van der Waals surface area contributed by atoms with Gasteiger partial charge in [0.05, 0.1) is 13.2 Å². The zero-order valence-electron chi connectivity index (χ0n) is 13.8. The standard InChI is InChI=1S/C18H26FN3O/c1-2-20-17(22-9-8-18(13-22)6-3-7-18)21-11-14-4-5-16(19)15(10-14)12-23/h4-5,10,23H,2-3,6-9,11-13H2,1H3,(H,20,21). The van der Waals surface area contributed by atoms with Crippen LogP contribution in [0.1, 0.15) is 43.7 Å². The first-order valence-corrected chi connectivity index (χ1v) is 8.57. The Labute approximate surface area is 137 Å². The summed E-state index contributed by atoms with van der Waals surface area (Å²) in [6.45, 7) is 5.30. The molecule has 3 rings (SSSR count). The van der Waals surface area contributed by atoms with Gasteiger partial charge < -0.3 is 15.3 Å². The van der Waals surface area contributed by atoms with Crippen molar-refractivity contribution < 1.29 is 9.50 Å². The van der Waals surface area contributed by atoms with Gasteiger partial charge in [0.2, 0.25) is 0 Å². The van der Waals surface area contributed by atoms with Gasteiger partial charge in [-0.3, -0.25) is 0 Å². The Balaban J connectivity index is 1.69. The maximum atomic E-state index is 13.4. The molecule has 2 N–H and O–H groups in total. The molecule has 126 valence electrons. The van der Waals surface area contributed by atoms with E-state index in [2.05, 4.69) is 17.1 Å². The van der Waals surface area contributed by atoms with E-state index in [1.807, 2.05) is 0 Å². The SMILES string of the molecule is CCNC(=NCc1ccc(F)c(CO)c1)N1CCC2(CCC2)C1. The second-order valence-corrected chi connectivity index (χ2v) is 6.78. The van der Waals surface area contributed by atoms with Gasteiger partial charge in [-0.15, -0.1) is 0 Å². The van der Waals surface area contributed by atoms with E-state index in [-0.39, 0.29) is 12.4 Å². The number of rotatable bonds is 4. The molecule has 1 aromatic rings. The molecule has 1 saturated heterocycles. The van der Waals surface area contributed by atoms with E-state index < -0.39 is 0 Å². The van der Waals surface area contributed by atoms with E-state index in [0.29, 0.717) is 17.5 Å². The summed E-state index contributed by atoms with van der Waals surface area (Å²) >= 11 is 0. The largest absolute Gasteiger partial charge is 0.392 e. The summed E-state index contributed by atoms with van der Waals surface area (Å²) in [4.78, 5) is 7.08. The van der Waals surface area contributed by atoms with E-state index >= 15 is 0 Å². The molecule has 0 radical (unpaired) electrons. The Bertz CT molecular complexity index is 584. The van der Waals surface area contributed by atoms with Gasteiger partial charge in [0.25, 0.3) is 0 Å². The minimum Gasteiger partial charge on any atom is -0.392 e. The van der Waals surface area contributed by atoms with Crippen molar-refractivity contribution in [2.24, 2.45) is 10.4 Å². The molecule has 0 unspecified atom stereocenters. The van der Waals surface area contributed by atoms with Crippen LogP contribution in [0, 0.1) is 11.2 Å². The lowest BCUT2D eigenvalue weighted by Gasteiger charge is -2.38. The first-order valence-electron chi connectivity index (χ1n) is 8.57. The predicted octanol–water partition coefficient (Wildman–Crippen LogP) is 2.66. The number of aliphatic hydroxyl groups is 1. The highest BCUT2D eigenvalue weighted by molar-refractivity contribution is 5.80. The Kier molecular flexibility index (Phi) is 4.85. The quantitative estimate of drug-likeness (QED) is 0.662. The van der Waals surface area contributed by atoms with Crippen LogP contribution in [0.5, 0.6) is 0 Å². The molecule has 0 aromatic heterocycles. The molecule has 1 aliphatic carbocycles. The number of halogens is 1. The summed E-state index contributed by atoms with van der Waals surface area (Å²) in [5, 5.41) is 12.5. The molecule has 5 heteroatoms. The summed E-state index contributed by atoms with van der Waals surface area (Å²) in [5.74, 6) is 0.588. The first-order chi connectivity index (χ1) is 11.2. The number of benzene rings is 1. The number of guanidine groups is 1. The minimum atomic E-state index is -0.362. The molecule has 1 aromatic carbocycles. The summed E-state index contributed by atoms with van der Waals surface area (Å²) in [7, 11) is 0. The highest BCUT2D eigenvalue weighted by Crippen LogP contribution is 2.47. The third kappa shape index (κ3) is 3.50. The van der Waals surface area contributed by atoms with Gasteiger partial charge in [0, 0.05) is 25.2 Å². The van der Waals surface area contributed by atoms with Gasteiger partial charge in [-0.25, -0.2) is 9.38 Å². The van der Waals surface area contributed by atoms with Crippen molar-refractivity contribution in [2.45, 2.75) is 45.8 Å². The molecule has 23 heavy (non-hydrogen) atoms. The normalized spacial score (nSPS) is 20.0. The lowest BCUT2D eigenvalue weighted by molar-refractivity contribution is 0.151. The number of aliphatic hydroxyl groups excluding tert-OH is 1. The zero-order valence-corrected chi connectivity index (χ0v) is 13.8. The third-order valence-corrected chi connectivity index (χ3v) is 5.18. The molecule has 1 spiro atoms. The number of hydrogen-bond acceptors (Lipinski definition) is 2. The molecular weight excluding hydrogens is 293 g/mol. The van der Waals surface area contributed by atoms with Crippen LogP contribution in [0.25, 0.3) is 0 Å². The molecular formula is C18H26FN3O. The highest BCUT2D eigenvalue weighted by atomic mass is 19.1. The van der Waals surface area contributed by atoms with Gasteiger partial charge in [-0.05, 0) is 49.3 Å². The number of nitrogens with zero attached hydrogens (tertiary/aromatic N) is 2. The van der Waals surface area contributed by atoms with Crippen molar-refractivity contribution in [1.82, 2.24) is 10.2 Å². The molecule has 1 aliphatic heterocycles. The Morgan fingerprint density at radius 2 is 2.22 bits per heavy atom. The fourth-order valence-corrected chi connectivity index (χ4v) is 3.64. The van der Waals surface area contributed by atoms with E-state index in [1.165, 1.54) is 31.7 Å². The number of likely N-dealkylation sites (tertiary alicyclic amines) is 1. The number of nitrogens with one attached hydrogen (secondary N) is 1. The lowest BCUT2D eigenvalue weighted by atomic mass is 9.68. The second-order valence-electron chi connectivity index (χ2n) is 6.78. The maximum Gasteiger partial charge on any atom is 0.194 e. The van der Waals surface area contributed by atoms with Crippen molar-refractivity contribution in [3.8, 4) is 0 Å². The zero-order chi connectivity index (χ0) is 16.3. The fraction of sp³-hybridized carbons (Fsp3) is 0.611. The molecule has 4 nitrogen and oxygen atoms in total. The van der Waals surface area contributed by atoms with Crippen molar-refractivity contribution in [1.29, 1.82) is 0 Å². The van der Waals surface area contributed by atoms with Gasteiger partial charge in [-0.2, -0.15) is 0 Å². The summed E-state index contributed by atoms with van der Waals surface area (Å²) in [5.41, 5.74) is 1.79. The van der Waals surface area contributed by atoms with Crippen LogP contribution in [0.2, 0.25) is 0 Å². The fourth-order valence-electron chi connectivity index (χ4n) is 3.64. The molecule has 1 heterocycles. The van der Waals surface area contributed by atoms with E-state index in [4.69, 9.17) is 4.99 Å². The van der Waals surface area contributed by atoms with E-state index in [1.54, 1.807) is 12.1 Å². The maximum absolute atomic E-state index is 13.4. The van der Waals surface area contributed by atoms with Crippen LogP contribution in [0.15, 0.2) is 23.2 Å². The monoisotopic (exact) mass is 319 g/mol. The second kappa shape index (κ2) is 6.87. The van der Waals surface area contributed by atoms with Crippen molar-refractivity contribution in [2.75, 3.05) is 19.6 Å². The molecule has 0 amide bonds. The number of aliphatic imine (C=N–C) groups is 1. The van der Waals surface area contributed by atoms with Crippen LogP contribution >= 0.6 is 0 Å².